The van der Waals surface area contributed by atoms with E-state index in [0.29, 0.717) is 5.69 Å². The van der Waals surface area contributed by atoms with Crippen molar-refractivity contribution in [3.63, 3.8) is 0 Å². The topological polar surface area (TPSA) is 57.6 Å². The maximum Gasteiger partial charge on any atom is 0.264 e. The van der Waals surface area contributed by atoms with Crippen molar-refractivity contribution < 1.29 is 13.5 Å². The van der Waals surface area contributed by atoms with Crippen LogP contribution in [0.5, 0.6) is 5.75 Å². The Kier molecular flexibility index (Phi) is 3.99. The van der Waals surface area contributed by atoms with E-state index in [-0.39, 0.29) is 10.6 Å². The molecule has 0 unspecified atom stereocenters. The standard InChI is InChI=1S/C15H17NO3S/c1-3-12-4-6-13(7-5-12)16(2)20(18,19)15-10-8-14(17)9-11-15/h4-11,17H,3H2,1-2H3. The quantitative estimate of drug-likeness (QED) is 0.942. The second-order valence-electron chi connectivity index (χ2n) is 4.49. The minimum absolute atomic E-state index is 0.0406. The Morgan fingerprint density at radius 2 is 1.55 bits per heavy atom. The average Bonchev–Trinajstić information content (AvgIpc) is 2.47. The molecule has 106 valence electrons. The van der Waals surface area contributed by atoms with E-state index in [0.717, 1.165) is 12.0 Å². The lowest BCUT2D eigenvalue weighted by molar-refractivity contribution is 0.475. The number of phenolic OH excluding ortho intramolecular Hbond substituents is 1. The Morgan fingerprint density at radius 1 is 1.00 bits per heavy atom. The Hall–Kier alpha value is -2.01. The molecule has 0 aromatic heterocycles. The Balaban J connectivity index is 2.35. The number of hydrogen-bond acceptors (Lipinski definition) is 3. The molecule has 0 aliphatic heterocycles. The van der Waals surface area contributed by atoms with Crippen molar-refractivity contribution in [1.82, 2.24) is 0 Å². The van der Waals surface area contributed by atoms with Gasteiger partial charge in [-0.1, -0.05) is 19.1 Å². The molecule has 2 aromatic rings. The van der Waals surface area contributed by atoms with E-state index in [4.69, 9.17) is 0 Å². The molecule has 0 saturated heterocycles. The summed E-state index contributed by atoms with van der Waals surface area (Å²) in [6, 6.07) is 12.9. The number of nitrogens with zero attached hydrogens (tertiary/aromatic N) is 1. The predicted octanol–water partition coefficient (Wildman–Crippen LogP) is 2.78. The first-order valence-electron chi connectivity index (χ1n) is 6.32. The fraction of sp³-hybridized carbons (Fsp3) is 0.200. The second-order valence-corrected chi connectivity index (χ2v) is 6.46. The molecule has 0 atom stereocenters. The van der Waals surface area contributed by atoms with Gasteiger partial charge in [0.25, 0.3) is 10.0 Å². The molecule has 2 rings (SSSR count). The summed E-state index contributed by atoms with van der Waals surface area (Å²) >= 11 is 0. The molecule has 4 nitrogen and oxygen atoms in total. The number of aromatic hydroxyl groups is 1. The number of rotatable bonds is 4. The molecule has 0 amide bonds. The zero-order chi connectivity index (χ0) is 14.8. The summed E-state index contributed by atoms with van der Waals surface area (Å²) in [7, 11) is -2.09. The lowest BCUT2D eigenvalue weighted by Gasteiger charge is -2.19. The summed E-state index contributed by atoms with van der Waals surface area (Å²) < 4.78 is 26.1. The van der Waals surface area contributed by atoms with Gasteiger partial charge in [-0.15, -0.1) is 0 Å². The van der Waals surface area contributed by atoms with Gasteiger partial charge in [0, 0.05) is 7.05 Å². The van der Waals surface area contributed by atoms with E-state index in [1.165, 1.54) is 35.6 Å². The first-order valence-corrected chi connectivity index (χ1v) is 7.76. The third-order valence-corrected chi connectivity index (χ3v) is 5.00. The van der Waals surface area contributed by atoms with Crippen molar-refractivity contribution in [3.05, 3.63) is 54.1 Å². The predicted molar refractivity (Wildman–Crippen MR) is 79.5 cm³/mol. The highest BCUT2D eigenvalue weighted by atomic mass is 32.2. The van der Waals surface area contributed by atoms with Gasteiger partial charge >= 0.3 is 0 Å². The SMILES string of the molecule is CCc1ccc(N(C)S(=O)(=O)c2ccc(O)cc2)cc1. The third kappa shape index (κ3) is 2.77. The number of phenols is 1. The van der Waals surface area contributed by atoms with Crippen LogP contribution in [0.15, 0.2) is 53.4 Å². The maximum absolute atomic E-state index is 12.4. The Labute approximate surface area is 119 Å². The minimum Gasteiger partial charge on any atom is -0.508 e. The minimum atomic E-state index is -3.61. The van der Waals surface area contributed by atoms with Crippen LogP contribution in [0.2, 0.25) is 0 Å². The fourth-order valence-electron chi connectivity index (χ4n) is 1.86. The van der Waals surface area contributed by atoms with E-state index in [2.05, 4.69) is 0 Å². The van der Waals surface area contributed by atoms with Gasteiger partial charge in [0.1, 0.15) is 5.75 Å². The molecular formula is C15H17NO3S. The molecule has 20 heavy (non-hydrogen) atoms. The average molecular weight is 291 g/mol. The van der Waals surface area contributed by atoms with Gasteiger partial charge in [0.2, 0.25) is 0 Å². The van der Waals surface area contributed by atoms with Crippen molar-refractivity contribution in [2.24, 2.45) is 0 Å². The smallest absolute Gasteiger partial charge is 0.264 e. The normalized spacial score (nSPS) is 11.3. The molecule has 0 bridgehead atoms. The van der Waals surface area contributed by atoms with Crippen molar-refractivity contribution in [2.45, 2.75) is 18.2 Å². The van der Waals surface area contributed by atoms with Gasteiger partial charge in [0.15, 0.2) is 0 Å². The maximum atomic E-state index is 12.4. The Morgan fingerprint density at radius 3 is 2.05 bits per heavy atom. The largest absolute Gasteiger partial charge is 0.508 e. The lowest BCUT2D eigenvalue weighted by Crippen LogP contribution is -2.26. The molecule has 5 heteroatoms. The summed E-state index contributed by atoms with van der Waals surface area (Å²) in [4.78, 5) is 0.150. The molecule has 0 saturated carbocycles. The molecule has 1 N–H and O–H groups in total. The third-order valence-electron chi connectivity index (χ3n) is 3.20. The van der Waals surface area contributed by atoms with Crippen LogP contribution >= 0.6 is 0 Å². The molecule has 2 aromatic carbocycles. The highest BCUT2D eigenvalue weighted by molar-refractivity contribution is 7.92. The van der Waals surface area contributed by atoms with E-state index in [1.807, 2.05) is 19.1 Å². The van der Waals surface area contributed by atoms with Gasteiger partial charge < -0.3 is 5.11 Å². The number of sulfonamides is 1. The number of anilines is 1. The molecule has 0 aliphatic rings. The fourth-order valence-corrected chi connectivity index (χ4v) is 3.05. The number of aryl methyl sites for hydroxylation is 1. The molecular weight excluding hydrogens is 274 g/mol. The van der Waals surface area contributed by atoms with Gasteiger partial charge in [0.05, 0.1) is 10.6 Å². The summed E-state index contributed by atoms with van der Waals surface area (Å²) in [6.45, 7) is 2.05. The summed E-state index contributed by atoms with van der Waals surface area (Å²) in [5.41, 5.74) is 1.76. The lowest BCUT2D eigenvalue weighted by atomic mass is 10.1. The Bertz CT molecular complexity index is 676. The number of benzene rings is 2. The first-order chi connectivity index (χ1) is 9.45. The van der Waals surface area contributed by atoms with Gasteiger partial charge in [-0.2, -0.15) is 0 Å². The van der Waals surface area contributed by atoms with Crippen molar-refractivity contribution in [1.29, 1.82) is 0 Å². The monoisotopic (exact) mass is 291 g/mol. The highest BCUT2D eigenvalue weighted by Gasteiger charge is 2.20. The van der Waals surface area contributed by atoms with E-state index in [9.17, 15) is 13.5 Å². The molecule has 0 spiro atoms. The van der Waals surface area contributed by atoms with E-state index < -0.39 is 10.0 Å². The van der Waals surface area contributed by atoms with Crippen molar-refractivity contribution in [3.8, 4) is 5.75 Å². The van der Waals surface area contributed by atoms with Crippen LogP contribution in [0.25, 0.3) is 0 Å². The van der Waals surface area contributed by atoms with Crippen LogP contribution in [-0.2, 0) is 16.4 Å². The molecule has 0 aliphatic carbocycles. The van der Waals surface area contributed by atoms with Crippen LogP contribution in [0.3, 0.4) is 0 Å². The highest BCUT2D eigenvalue weighted by Crippen LogP contribution is 2.23. The first kappa shape index (κ1) is 14.4. The van der Waals surface area contributed by atoms with Gasteiger partial charge in [-0.25, -0.2) is 8.42 Å². The van der Waals surface area contributed by atoms with Crippen LogP contribution in [-0.4, -0.2) is 20.6 Å². The van der Waals surface area contributed by atoms with Crippen LogP contribution in [0, 0.1) is 0 Å². The zero-order valence-corrected chi connectivity index (χ0v) is 12.3. The van der Waals surface area contributed by atoms with Crippen molar-refractivity contribution in [2.75, 3.05) is 11.4 Å². The van der Waals surface area contributed by atoms with Crippen LogP contribution in [0.1, 0.15) is 12.5 Å². The molecule has 0 fully saturated rings. The second kappa shape index (κ2) is 5.54. The van der Waals surface area contributed by atoms with Crippen LogP contribution < -0.4 is 4.31 Å². The van der Waals surface area contributed by atoms with E-state index in [1.54, 1.807) is 12.1 Å². The zero-order valence-electron chi connectivity index (χ0n) is 11.4. The number of hydrogen-bond donors (Lipinski definition) is 1. The van der Waals surface area contributed by atoms with Crippen LogP contribution in [0.4, 0.5) is 5.69 Å². The van der Waals surface area contributed by atoms with E-state index >= 15 is 0 Å². The molecule has 0 radical (unpaired) electrons. The summed E-state index contributed by atoms with van der Waals surface area (Å²) in [6.07, 6.45) is 0.911. The summed E-state index contributed by atoms with van der Waals surface area (Å²) in [5.74, 6) is 0.0406. The van der Waals surface area contributed by atoms with Crippen molar-refractivity contribution >= 4 is 15.7 Å². The van der Waals surface area contributed by atoms with Gasteiger partial charge in [-0.05, 0) is 48.4 Å². The van der Waals surface area contributed by atoms with Gasteiger partial charge in [-0.3, -0.25) is 4.31 Å². The molecule has 0 heterocycles. The summed E-state index contributed by atoms with van der Waals surface area (Å²) in [5, 5.41) is 9.23.